The van der Waals surface area contributed by atoms with Crippen molar-refractivity contribution in [1.82, 2.24) is 19.9 Å². The minimum atomic E-state index is -0.571. The van der Waals surface area contributed by atoms with E-state index in [1.54, 1.807) is 18.3 Å². The topological polar surface area (TPSA) is 63.0 Å². The monoisotopic (exact) mass is 324 g/mol. The molecule has 2 N–H and O–H groups in total. The number of imidazole rings is 1. The van der Waals surface area contributed by atoms with Crippen LogP contribution >= 0.6 is 23.7 Å². The third-order valence-corrected chi connectivity index (χ3v) is 4.83. The van der Waals surface area contributed by atoms with E-state index in [9.17, 15) is 5.11 Å². The molecule has 21 heavy (non-hydrogen) atoms. The minimum Gasteiger partial charge on any atom is -0.385 e. The zero-order valence-electron chi connectivity index (χ0n) is 11.6. The van der Waals surface area contributed by atoms with Gasteiger partial charge in [0.05, 0.1) is 21.9 Å². The van der Waals surface area contributed by atoms with Gasteiger partial charge in [0.1, 0.15) is 17.4 Å². The highest BCUT2D eigenvalue weighted by Gasteiger charge is 2.25. The zero-order valence-corrected chi connectivity index (χ0v) is 13.2. The maximum Gasteiger partial charge on any atom is 0.138 e. The van der Waals surface area contributed by atoms with Crippen molar-refractivity contribution in [3.05, 3.63) is 23.5 Å². The molecular weight excluding hydrogens is 308 g/mol. The first kappa shape index (κ1) is 14.7. The molecular formula is C14H17ClN4OS. The molecule has 0 spiro atoms. The fourth-order valence-electron chi connectivity index (χ4n) is 3.02. The summed E-state index contributed by atoms with van der Waals surface area (Å²) in [5.74, 6) is 0.747. The normalized spacial score (nSPS) is 20.0. The average Bonchev–Trinajstić information content (AvgIpc) is 3.15. The number of halogens is 1. The average molecular weight is 325 g/mol. The van der Waals surface area contributed by atoms with Gasteiger partial charge in [-0.3, -0.25) is 4.98 Å². The second-order valence-electron chi connectivity index (χ2n) is 5.29. The van der Waals surface area contributed by atoms with Crippen molar-refractivity contribution in [3.8, 4) is 0 Å². The van der Waals surface area contributed by atoms with Crippen molar-refractivity contribution >= 4 is 45.0 Å². The van der Waals surface area contributed by atoms with Gasteiger partial charge in [0.2, 0.25) is 0 Å². The Hall–Kier alpha value is -1.21. The molecule has 0 radical (unpaired) electrons. The van der Waals surface area contributed by atoms with E-state index >= 15 is 0 Å². The van der Waals surface area contributed by atoms with Crippen LogP contribution in [-0.2, 0) is 0 Å². The Morgan fingerprint density at radius 2 is 2.33 bits per heavy atom. The van der Waals surface area contributed by atoms with Crippen molar-refractivity contribution in [2.45, 2.75) is 25.5 Å². The molecule has 3 aromatic rings. The molecule has 1 aliphatic heterocycles. The first-order valence-corrected chi connectivity index (χ1v) is 7.76. The van der Waals surface area contributed by atoms with Crippen LogP contribution in [0.15, 0.2) is 17.6 Å². The first-order valence-electron chi connectivity index (χ1n) is 6.88. The second-order valence-corrected chi connectivity index (χ2v) is 6.21. The van der Waals surface area contributed by atoms with Crippen LogP contribution in [0.25, 0.3) is 21.3 Å². The van der Waals surface area contributed by atoms with Gasteiger partial charge >= 0.3 is 0 Å². The Morgan fingerprint density at radius 3 is 3.05 bits per heavy atom. The van der Waals surface area contributed by atoms with Gasteiger partial charge in [-0.2, -0.15) is 0 Å². The van der Waals surface area contributed by atoms with Crippen LogP contribution in [0.4, 0.5) is 0 Å². The number of hydrogen-bond donors (Lipinski definition) is 2. The van der Waals surface area contributed by atoms with Gasteiger partial charge < -0.3 is 15.0 Å². The molecule has 112 valence electrons. The summed E-state index contributed by atoms with van der Waals surface area (Å²) in [6.07, 6.45) is 2.31. The standard InChI is InChI=1S/C14H16N4OS.ClH/c1-8(19)14-17-11-7-16-10-3-5-20-13(10)12(11)18(14)9-2-4-15-6-9;/h3,5,7-9,15,19H,2,4,6H2,1H3;1H/t8-,9+;/m1./s1. The van der Waals surface area contributed by atoms with E-state index in [0.717, 1.165) is 46.6 Å². The molecule has 1 fully saturated rings. The Balaban J connectivity index is 0.00000132. The number of nitrogens with zero attached hydrogens (tertiary/aromatic N) is 3. The molecule has 4 rings (SSSR count). The summed E-state index contributed by atoms with van der Waals surface area (Å²) in [5.41, 5.74) is 3.00. The highest BCUT2D eigenvalue weighted by atomic mass is 35.5. The van der Waals surface area contributed by atoms with Crippen LogP contribution in [-0.4, -0.2) is 32.7 Å². The Kier molecular flexibility index (Phi) is 3.88. The maximum absolute atomic E-state index is 10.1. The van der Waals surface area contributed by atoms with Gasteiger partial charge in [0.15, 0.2) is 0 Å². The summed E-state index contributed by atoms with van der Waals surface area (Å²) in [6.45, 7) is 3.72. The highest BCUT2D eigenvalue weighted by Crippen LogP contribution is 2.34. The largest absolute Gasteiger partial charge is 0.385 e. The fraction of sp³-hybridized carbons (Fsp3) is 0.429. The van der Waals surface area contributed by atoms with Gasteiger partial charge in [0, 0.05) is 12.6 Å². The molecule has 1 aliphatic rings. The predicted octanol–water partition coefficient (Wildman–Crippen LogP) is 2.66. The Morgan fingerprint density at radius 1 is 1.48 bits per heavy atom. The molecule has 4 heterocycles. The van der Waals surface area contributed by atoms with E-state index in [-0.39, 0.29) is 12.4 Å². The van der Waals surface area contributed by atoms with Crippen LogP contribution in [0.1, 0.15) is 31.3 Å². The number of nitrogens with one attached hydrogen (secondary N) is 1. The lowest BCUT2D eigenvalue weighted by atomic mass is 10.2. The lowest BCUT2D eigenvalue weighted by Crippen LogP contribution is -2.17. The Labute approximate surface area is 132 Å². The molecule has 7 heteroatoms. The first-order chi connectivity index (χ1) is 9.75. The smallest absolute Gasteiger partial charge is 0.138 e. The van der Waals surface area contributed by atoms with Gasteiger partial charge in [-0.05, 0) is 31.3 Å². The van der Waals surface area contributed by atoms with E-state index in [2.05, 4.69) is 25.2 Å². The molecule has 0 aliphatic carbocycles. The summed E-state index contributed by atoms with van der Waals surface area (Å²) in [6, 6.07) is 2.39. The fourth-order valence-corrected chi connectivity index (χ4v) is 3.91. The third-order valence-electron chi connectivity index (χ3n) is 3.92. The van der Waals surface area contributed by atoms with Gasteiger partial charge in [-0.25, -0.2) is 4.98 Å². The maximum atomic E-state index is 10.1. The van der Waals surface area contributed by atoms with E-state index in [4.69, 9.17) is 0 Å². The summed E-state index contributed by atoms with van der Waals surface area (Å²) in [7, 11) is 0. The number of aliphatic hydroxyl groups excluding tert-OH is 1. The number of rotatable bonds is 2. The summed E-state index contributed by atoms with van der Waals surface area (Å²) < 4.78 is 3.38. The third kappa shape index (κ3) is 2.23. The number of aliphatic hydroxyl groups is 1. The van der Waals surface area contributed by atoms with Crippen LogP contribution in [0.5, 0.6) is 0 Å². The molecule has 1 saturated heterocycles. The van der Waals surface area contributed by atoms with Crippen LogP contribution in [0, 0.1) is 0 Å². The highest BCUT2D eigenvalue weighted by molar-refractivity contribution is 7.18. The molecule has 0 aromatic carbocycles. The van der Waals surface area contributed by atoms with E-state index in [1.165, 1.54) is 0 Å². The summed E-state index contributed by atoms with van der Waals surface area (Å²) in [5, 5.41) is 15.5. The molecule has 3 aromatic heterocycles. The lowest BCUT2D eigenvalue weighted by Gasteiger charge is -2.17. The molecule has 5 nitrogen and oxygen atoms in total. The predicted molar refractivity (Wildman–Crippen MR) is 87.3 cm³/mol. The van der Waals surface area contributed by atoms with Crippen LogP contribution < -0.4 is 5.32 Å². The summed E-state index contributed by atoms with van der Waals surface area (Å²) >= 11 is 1.69. The zero-order chi connectivity index (χ0) is 13.7. The van der Waals surface area contributed by atoms with Crippen molar-refractivity contribution in [3.63, 3.8) is 0 Å². The van der Waals surface area contributed by atoms with Gasteiger partial charge in [-0.15, -0.1) is 23.7 Å². The second kappa shape index (κ2) is 5.53. The number of aromatic nitrogens is 3. The van der Waals surface area contributed by atoms with Crippen molar-refractivity contribution in [2.75, 3.05) is 13.1 Å². The quantitative estimate of drug-likeness (QED) is 0.760. The molecule has 0 saturated carbocycles. The van der Waals surface area contributed by atoms with Crippen molar-refractivity contribution in [2.24, 2.45) is 0 Å². The summed E-state index contributed by atoms with van der Waals surface area (Å²) in [4.78, 5) is 9.06. The number of pyridine rings is 1. The Bertz CT molecular complexity index is 776. The van der Waals surface area contributed by atoms with Crippen LogP contribution in [0.2, 0.25) is 0 Å². The molecule has 0 bridgehead atoms. The minimum absolute atomic E-state index is 0. The van der Waals surface area contributed by atoms with Gasteiger partial charge in [-0.1, -0.05) is 0 Å². The number of thiophene rings is 1. The van der Waals surface area contributed by atoms with Crippen molar-refractivity contribution < 1.29 is 5.11 Å². The van der Waals surface area contributed by atoms with E-state index in [0.29, 0.717) is 6.04 Å². The molecule has 0 unspecified atom stereocenters. The van der Waals surface area contributed by atoms with Crippen LogP contribution in [0.3, 0.4) is 0 Å². The van der Waals surface area contributed by atoms with Gasteiger partial charge in [0.25, 0.3) is 0 Å². The van der Waals surface area contributed by atoms with E-state index in [1.807, 2.05) is 12.3 Å². The lowest BCUT2D eigenvalue weighted by molar-refractivity contribution is 0.182. The SMILES string of the molecule is C[C@@H](O)c1nc2cnc3ccsc3c2n1[C@H]1CCNC1.Cl. The number of hydrogen-bond acceptors (Lipinski definition) is 5. The number of fused-ring (bicyclic) bond motifs is 3. The molecule has 2 atom stereocenters. The van der Waals surface area contributed by atoms with Crippen molar-refractivity contribution in [1.29, 1.82) is 0 Å². The molecule has 0 amide bonds. The van der Waals surface area contributed by atoms with E-state index < -0.39 is 6.10 Å².